The summed E-state index contributed by atoms with van der Waals surface area (Å²) in [7, 11) is -4.10. The molecular formula is C32H37FN4O6S. The minimum Gasteiger partial charge on any atom is -0.352 e. The number of nitro groups is 1. The van der Waals surface area contributed by atoms with E-state index in [0.29, 0.717) is 11.1 Å². The van der Waals surface area contributed by atoms with Gasteiger partial charge in [0.1, 0.15) is 18.4 Å². The van der Waals surface area contributed by atoms with Crippen molar-refractivity contribution in [1.82, 2.24) is 10.2 Å². The van der Waals surface area contributed by atoms with Gasteiger partial charge < -0.3 is 10.2 Å². The molecule has 0 heterocycles. The van der Waals surface area contributed by atoms with Crippen LogP contribution in [0.15, 0.2) is 72.8 Å². The van der Waals surface area contributed by atoms with E-state index in [1.807, 2.05) is 30.3 Å². The summed E-state index contributed by atoms with van der Waals surface area (Å²) in [5.41, 5.74) is 1.41. The first-order chi connectivity index (χ1) is 20.9. The second-order valence-corrected chi connectivity index (χ2v) is 13.1. The lowest BCUT2D eigenvalue weighted by molar-refractivity contribution is -0.384. The highest BCUT2D eigenvalue weighted by molar-refractivity contribution is 7.92. The maximum atomic E-state index is 14.2. The van der Waals surface area contributed by atoms with Crippen LogP contribution in [0.3, 0.4) is 0 Å². The van der Waals surface area contributed by atoms with E-state index >= 15 is 0 Å². The molecule has 0 bridgehead atoms. The van der Waals surface area contributed by atoms with Gasteiger partial charge in [-0.05, 0) is 48.6 Å². The van der Waals surface area contributed by atoms with Crippen LogP contribution in [-0.2, 0) is 32.6 Å². The molecule has 44 heavy (non-hydrogen) atoms. The Labute approximate surface area is 257 Å². The van der Waals surface area contributed by atoms with E-state index in [0.717, 1.165) is 54.3 Å². The lowest BCUT2D eigenvalue weighted by Gasteiger charge is -2.35. The van der Waals surface area contributed by atoms with Crippen molar-refractivity contribution in [3.8, 4) is 0 Å². The molecule has 4 rings (SSSR count). The molecule has 2 amide bonds. The van der Waals surface area contributed by atoms with E-state index in [1.54, 1.807) is 6.92 Å². The monoisotopic (exact) mass is 624 g/mol. The summed E-state index contributed by atoms with van der Waals surface area (Å²) in [4.78, 5) is 40.4. The van der Waals surface area contributed by atoms with Crippen LogP contribution in [0.4, 0.5) is 15.8 Å². The quantitative estimate of drug-likeness (QED) is 0.226. The van der Waals surface area contributed by atoms with Crippen LogP contribution in [0.25, 0.3) is 0 Å². The summed E-state index contributed by atoms with van der Waals surface area (Å²) >= 11 is 0. The number of non-ortho nitro benzene ring substituents is 1. The zero-order valence-corrected chi connectivity index (χ0v) is 25.6. The first-order valence-electron chi connectivity index (χ1n) is 14.5. The van der Waals surface area contributed by atoms with Crippen LogP contribution in [0, 0.1) is 22.9 Å². The summed E-state index contributed by atoms with van der Waals surface area (Å²) in [5, 5.41) is 14.6. The summed E-state index contributed by atoms with van der Waals surface area (Å²) in [6.07, 6.45) is 5.78. The number of carbonyl (C=O) groups excluding carboxylic acids is 2. The first-order valence-corrected chi connectivity index (χ1v) is 16.4. The summed E-state index contributed by atoms with van der Waals surface area (Å²) in [6, 6.07) is 17.4. The lowest BCUT2D eigenvalue weighted by Crippen LogP contribution is -2.55. The SMILES string of the molecule is Cc1ccc([N+](=O)[O-])cc1N(CC(=O)N(Cc1ccc(F)cc1)[C@@H](Cc1ccccc1)C(=O)NC1CCCCC1)S(C)(=O)=O. The number of aryl methyl sites for hydroxylation is 1. The van der Waals surface area contributed by atoms with Crippen molar-refractivity contribution in [2.24, 2.45) is 0 Å². The van der Waals surface area contributed by atoms with Crippen LogP contribution in [0.1, 0.15) is 48.8 Å². The van der Waals surface area contributed by atoms with E-state index in [2.05, 4.69) is 5.32 Å². The van der Waals surface area contributed by atoms with Crippen LogP contribution in [-0.4, -0.2) is 54.9 Å². The Morgan fingerprint density at radius 1 is 1.00 bits per heavy atom. The Balaban J connectivity index is 1.75. The smallest absolute Gasteiger partial charge is 0.271 e. The number of anilines is 1. The van der Waals surface area contributed by atoms with Crippen molar-refractivity contribution in [1.29, 1.82) is 0 Å². The molecule has 12 heteroatoms. The van der Waals surface area contributed by atoms with Crippen LogP contribution in [0.2, 0.25) is 0 Å². The molecule has 0 aromatic heterocycles. The minimum absolute atomic E-state index is 0.0111. The molecule has 0 unspecified atom stereocenters. The lowest BCUT2D eigenvalue weighted by atomic mass is 9.94. The first kappa shape index (κ1) is 32.6. The standard InChI is InChI=1S/C32H37FN4O6S/c1-23-13-18-28(37(40)41)20-29(23)36(44(2,42)43)22-31(38)35(21-25-14-16-26(33)17-15-25)30(19-24-9-5-3-6-10-24)32(39)34-27-11-7-4-8-12-27/h3,5-6,9-10,13-18,20,27,30H,4,7-8,11-12,19,21-22H2,1-2H3,(H,34,39)/t30-/m0/s1. The molecule has 1 aliphatic rings. The highest BCUT2D eigenvalue weighted by Crippen LogP contribution is 2.28. The highest BCUT2D eigenvalue weighted by atomic mass is 32.2. The third-order valence-corrected chi connectivity index (χ3v) is 8.97. The average molecular weight is 625 g/mol. The molecule has 1 saturated carbocycles. The van der Waals surface area contributed by atoms with Crippen LogP contribution < -0.4 is 9.62 Å². The number of carbonyl (C=O) groups is 2. The fourth-order valence-corrected chi connectivity index (χ4v) is 6.36. The topological polar surface area (TPSA) is 130 Å². The van der Waals surface area contributed by atoms with Gasteiger partial charge in [-0.3, -0.25) is 24.0 Å². The zero-order valence-electron chi connectivity index (χ0n) is 24.8. The maximum Gasteiger partial charge on any atom is 0.271 e. The number of rotatable bonds is 12. The number of nitro benzene ring substituents is 1. The van der Waals surface area contributed by atoms with Crippen molar-refractivity contribution in [3.63, 3.8) is 0 Å². The predicted octanol–water partition coefficient (Wildman–Crippen LogP) is 4.90. The van der Waals surface area contributed by atoms with Crippen molar-refractivity contribution >= 4 is 33.2 Å². The molecule has 0 saturated heterocycles. The largest absolute Gasteiger partial charge is 0.352 e. The maximum absolute atomic E-state index is 14.2. The van der Waals surface area contributed by atoms with Gasteiger partial charge in [-0.15, -0.1) is 0 Å². The Morgan fingerprint density at radius 3 is 2.27 bits per heavy atom. The Morgan fingerprint density at radius 2 is 1.66 bits per heavy atom. The number of sulfonamides is 1. The summed E-state index contributed by atoms with van der Waals surface area (Å²) in [6.45, 7) is 0.790. The normalized spacial score (nSPS) is 14.4. The van der Waals surface area contributed by atoms with Gasteiger partial charge in [0.15, 0.2) is 0 Å². The third kappa shape index (κ3) is 8.62. The average Bonchev–Trinajstić information content (AvgIpc) is 2.99. The van der Waals surface area contributed by atoms with E-state index in [-0.39, 0.29) is 36.3 Å². The molecule has 1 atom stereocenters. The van der Waals surface area contributed by atoms with E-state index in [1.165, 1.54) is 41.3 Å². The van der Waals surface area contributed by atoms with Crippen LogP contribution in [0.5, 0.6) is 0 Å². The molecule has 0 spiro atoms. The van der Waals surface area contributed by atoms with Crippen LogP contribution >= 0.6 is 0 Å². The van der Waals surface area contributed by atoms with Gasteiger partial charge >= 0.3 is 0 Å². The minimum atomic E-state index is -4.10. The van der Waals surface area contributed by atoms with Gasteiger partial charge in [-0.2, -0.15) is 0 Å². The van der Waals surface area contributed by atoms with Gasteiger partial charge in [-0.25, -0.2) is 12.8 Å². The number of nitrogens with zero attached hydrogens (tertiary/aromatic N) is 3. The highest BCUT2D eigenvalue weighted by Gasteiger charge is 2.34. The molecule has 10 nitrogen and oxygen atoms in total. The molecule has 1 fully saturated rings. The number of hydrogen-bond donors (Lipinski definition) is 1. The van der Waals surface area contributed by atoms with Gasteiger partial charge in [-0.1, -0.05) is 67.8 Å². The van der Waals surface area contributed by atoms with Crippen molar-refractivity contribution in [3.05, 3.63) is 105 Å². The number of hydrogen-bond acceptors (Lipinski definition) is 6. The van der Waals surface area contributed by atoms with E-state index < -0.39 is 39.3 Å². The molecular weight excluding hydrogens is 587 g/mol. The molecule has 1 aliphatic carbocycles. The Kier molecular flexibility index (Phi) is 10.7. The van der Waals surface area contributed by atoms with Gasteiger partial charge in [0, 0.05) is 31.1 Å². The summed E-state index contributed by atoms with van der Waals surface area (Å²) in [5.74, 6) is -1.52. The molecule has 3 aromatic carbocycles. The fourth-order valence-electron chi connectivity index (χ4n) is 5.46. The van der Waals surface area contributed by atoms with Crippen molar-refractivity contribution in [2.75, 3.05) is 17.1 Å². The number of benzene rings is 3. The van der Waals surface area contributed by atoms with Gasteiger partial charge in [0.25, 0.3) is 5.69 Å². The second kappa shape index (κ2) is 14.4. The fraction of sp³-hybridized carbons (Fsp3) is 0.375. The molecule has 3 aromatic rings. The summed E-state index contributed by atoms with van der Waals surface area (Å²) < 4.78 is 40.7. The Hall–Kier alpha value is -4.32. The van der Waals surface area contributed by atoms with Crippen molar-refractivity contribution in [2.45, 2.75) is 64.1 Å². The number of halogens is 1. The number of amides is 2. The van der Waals surface area contributed by atoms with Crippen molar-refractivity contribution < 1.29 is 27.3 Å². The predicted molar refractivity (Wildman–Crippen MR) is 166 cm³/mol. The molecule has 1 N–H and O–H groups in total. The molecule has 0 aliphatic heterocycles. The van der Waals surface area contributed by atoms with Gasteiger partial charge in [0.2, 0.25) is 21.8 Å². The zero-order chi connectivity index (χ0) is 31.9. The van der Waals surface area contributed by atoms with E-state index in [4.69, 9.17) is 0 Å². The Bertz CT molecular complexity index is 1580. The van der Waals surface area contributed by atoms with E-state index in [9.17, 15) is 32.5 Å². The molecule has 0 radical (unpaired) electrons. The van der Waals surface area contributed by atoms with Gasteiger partial charge in [0.05, 0.1) is 16.9 Å². The second-order valence-electron chi connectivity index (χ2n) is 11.2. The number of nitrogens with one attached hydrogen (secondary N) is 1. The molecule has 234 valence electrons. The third-order valence-electron chi connectivity index (χ3n) is 7.84.